The Balaban J connectivity index is 2.27. The highest BCUT2D eigenvalue weighted by atomic mass is 32.2. The summed E-state index contributed by atoms with van der Waals surface area (Å²) in [5.41, 5.74) is 6.85. The zero-order chi connectivity index (χ0) is 10.3. The quantitative estimate of drug-likeness (QED) is 0.790. The molecule has 1 aromatic rings. The molecule has 2 N–H and O–H groups in total. The van der Waals surface area contributed by atoms with E-state index in [2.05, 4.69) is 0 Å². The molecule has 1 aromatic carbocycles. The molecule has 14 heavy (non-hydrogen) atoms. The minimum Gasteiger partial charge on any atom is -0.327 e. The monoisotopic (exact) mass is 211 g/mol. The lowest BCUT2D eigenvalue weighted by Gasteiger charge is -2.00. The van der Waals surface area contributed by atoms with Crippen LogP contribution in [0.25, 0.3) is 0 Å². The molecule has 0 aromatic heterocycles. The highest BCUT2D eigenvalue weighted by Gasteiger charge is 2.34. The van der Waals surface area contributed by atoms with Gasteiger partial charge in [0.05, 0.1) is 4.90 Å². The first kappa shape index (κ1) is 9.68. The van der Waals surface area contributed by atoms with Gasteiger partial charge in [0.25, 0.3) is 0 Å². The smallest absolute Gasteiger partial charge is 0.175 e. The Kier molecular flexibility index (Phi) is 2.12. The first-order chi connectivity index (χ1) is 6.48. The van der Waals surface area contributed by atoms with E-state index >= 15 is 0 Å². The molecule has 0 unspecified atom stereocenters. The number of hydrogen-bond donors (Lipinski definition) is 1. The molecule has 1 saturated carbocycles. The van der Waals surface area contributed by atoms with Crippen molar-refractivity contribution in [2.45, 2.75) is 23.3 Å². The Morgan fingerprint density at radius 2 is 1.79 bits per heavy atom. The molecule has 2 rings (SSSR count). The van der Waals surface area contributed by atoms with Gasteiger partial charge in [0, 0.05) is 18.2 Å². The minimum atomic E-state index is -3.07. The molecule has 4 heteroatoms. The van der Waals surface area contributed by atoms with E-state index in [1.54, 1.807) is 12.1 Å². The fourth-order valence-electron chi connectivity index (χ4n) is 1.56. The molecular weight excluding hydrogens is 198 g/mol. The number of hydrogen-bond acceptors (Lipinski definition) is 3. The average Bonchev–Trinajstić information content (AvgIpc) is 2.81. The van der Waals surface area contributed by atoms with Gasteiger partial charge < -0.3 is 5.73 Å². The Morgan fingerprint density at radius 3 is 2.14 bits per heavy atom. The van der Waals surface area contributed by atoms with E-state index in [9.17, 15) is 8.42 Å². The number of rotatable bonds is 2. The van der Waals surface area contributed by atoms with Crippen LogP contribution in [0, 0.1) is 0 Å². The Bertz CT molecular complexity index is 436. The van der Waals surface area contributed by atoms with Crippen LogP contribution in [0.15, 0.2) is 29.2 Å². The summed E-state index contributed by atoms with van der Waals surface area (Å²) in [6, 6.07) is 7.27. The molecule has 0 heterocycles. The molecule has 0 bridgehead atoms. The molecule has 1 aliphatic rings. The molecule has 3 nitrogen and oxygen atoms in total. The summed E-state index contributed by atoms with van der Waals surface area (Å²) in [7, 11) is -3.07. The van der Waals surface area contributed by atoms with Crippen molar-refractivity contribution in [3.05, 3.63) is 29.8 Å². The van der Waals surface area contributed by atoms with Crippen molar-refractivity contribution < 1.29 is 8.42 Å². The number of benzene rings is 1. The number of sulfone groups is 1. The fraction of sp³-hybridized carbons (Fsp3) is 0.400. The largest absolute Gasteiger partial charge is 0.327 e. The molecule has 76 valence electrons. The van der Waals surface area contributed by atoms with Gasteiger partial charge >= 0.3 is 0 Å². The van der Waals surface area contributed by atoms with E-state index in [0.717, 1.165) is 12.0 Å². The highest BCUT2D eigenvalue weighted by Crippen LogP contribution is 2.38. The van der Waals surface area contributed by atoms with Crippen LogP contribution in [0.1, 0.15) is 17.9 Å². The fourth-order valence-corrected chi connectivity index (χ4v) is 2.19. The van der Waals surface area contributed by atoms with Gasteiger partial charge in [-0.25, -0.2) is 8.42 Å². The molecular formula is C10H13NO2S. The van der Waals surface area contributed by atoms with Crippen LogP contribution in [-0.4, -0.2) is 20.7 Å². The van der Waals surface area contributed by atoms with Crippen LogP contribution in [0.2, 0.25) is 0 Å². The predicted octanol–water partition coefficient (Wildman–Crippen LogP) is 0.905. The van der Waals surface area contributed by atoms with E-state index < -0.39 is 9.84 Å². The second kappa shape index (κ2) is 3.07. The van der Waals surface area contributed by atoms with Gasteiger partial charge in [0.2, 0.25) is 0 Å². The van der Waals surface area contributed by atoms with E-state index in [-0.39, 0.29) is 6.04 Å². The van der Waals surface area contributed by atoms with E-state index in [1.165, 1.54) is 6.26 Å². The van der Waals surface area contributed by atoms with Gasteiger partial charge in [0.1, 0.15) is 0 Å². The second-order valence-corrected chi connectivity index (χ2v) is 5.86. The first-order valence-corrected chi connectivity index (χ1v) is 6.43. The minimum absolute atomic E-state index is 0.263. The van der Waals surface area contributed by atoms with Crippen LogP contribution in [0.4, 0.5) is 0 Å². The molecule has 1 aliphatic carbocycles. The molecule has 0 amide bonds. The van der Waals surface area contributed by atoms with E-state index in [0.29, 0.717) is 10.8 Å². The summed E-state index contributed by atoms with van der Waals surface area (Å²) in [4.78, 5) is 0.371. The highest BCUT2D eigenvalue weighted by molar-refractivity contribution is 7.90. The Morgan fingerprint density at radius 1 is 1.29 bits per heavy atom. The van der Waals surface area contributed by atoms with Gasteiger partial charge in [-0.15, -0.1) is 0 Å². The maximum absolute atomic E-state index is 11.2. The average molecular weight is 211 g/mol. The van der Waals surface area contributed by atoms with Crippen LogP contribution in [0.5, 0.6) is 0 Å². The molecule has 0 aliphatic heterocycles. The SMILES string of the molecule is CS(=O)(=O)c1ccc([C@@H]2C[C@H]2N)cc1. The zero-order valence-electron chi connectivity index (χ0n) is 7.97. The molecule has 0 radical (unpaired) electrons. The maximum Gasteiger partial charge on any atom is 0.175 e. The zero-order valence-corrected chi connectivity index (χ0v) is 8.79. The summed E-state index contributed by atoms with van der Waals surface area (Å²) in [5, 5.41) is 0. The van der Waals surface area contributed by atoms with Crippen molar-refractivity contribution in [2.24, 2.45) is 5.73 Å². The summed E-state index contributed by atoms with van der Waals surface area (Å²) < 4.78 is 22.3. The lowest BCUT2D eigenvalue weighted by Crippen LogP contribution is -2.01. The van der Waals surface area contributed by atoms with Crippen molar-refractivity contribution in [3.8, 4) is 0 Å². The molecule has 0 saturated heterocycles. The Hall–Kier alpha value is -0.870. The van der Waals surface area contributed by atoms with E-state index in [4.69, 9.17) is 5.73 Å². The third-order valence-corrected chi connectivity index (χ3v) is 3.70. The lowest BCUT2D eigenvalue weighted by molar-refractivity contribution is 0.602. The maximum atomic E-state index is 11.2. The normalized spacial score (nSPS) is 26.1. The lowest BCUT2D eigenvalue weighted by atomic mass is 10.1. The van der Waals surface area contributed by atoms with Crippen LogP contribution < -0.4 is 5.73 Å². The van der Waals surface area contributed by atoms with Gasteiger partial charge in [-0.1, -0.05) is 12.1 Å². The summed E-state index contributed by atoms with van der Waals surface area (Å²) in [5.74, 6) is 0.434. The third-order valence-electron chi connectivity index (χ3n) is 2.58. The predicted molar refractivity (Wildman–Crippen MR) is 54.9 cm³/mol. The molecule has 2 atom stereocenters. The van der Waals surface area contributed by atoms with Gasteiger partial charge in [-0.05, 0) is 24.1 Å². The van der Waals surface area contributed by atoms with Crippen molar-refractivity contribution in [1.82, 2.24) is 0 Å². The first-order valence-electron chi connectivity index (χ1n) is 4.54. The summed E-state index contributed by atoms with van der Waals surface area (Å²) >= 11 is 0. The van der Waals surface area contributed by atoms with Gasteiger partial charge in [0.15, 0.2) is 9.84 Å². The molecule has 1 fully saturated rings. The van der Waals surface area contributed by atoms with Crippen molar-refractivity contribution >= 4 is 9.84 Å². The van der Waals surface area contributed by atoms with Crippen LogP contribution in [-0.2, 0) is 9.84 Å². The standard InChI is InChI=1S/C10H13NO2S/c1-14(12,13)8-4-2-7(3-5-8)9-6-10(9)11/h2-5,9-10H,6,11H2,1H3/t9-,10+/m0/s1. The van der Waals surface area contributed by atoms with Crippen molar-refractivity contribution in [1.29, 1.82) is 0 Å². The number of nitrogens with two attached hydrogens (primary N) is 1. The third kappa shape index (κ3) is 1.81. The van der Waals surface area contributed by atoms with Gasteiger partial charge in [-0.3, -0.25) is 0 Å². The van der Waals surface area contributed by atoms with Crippen LogP contribution >= 0.6 is 0 Å². The Labute approximate surface area is 83.9 Å². The van der Waals surface area contributed by atoms with E-state index in [1.807, 2.05) is 12.1 Å². The topological polar surface area (TPSA) is 60.2 Å². The summed E-state index contributed by atoms with van der Waals surface area (Å²) in [6.07, 6.45) is 2.23. The second-order valence-electron chi connectivity index (χ2n) is 3.85. The molecule has 0 spiro atoms. The summed E-state index contributed by atoms with van der Waals surface area (Å²) in [6.45, 7) is 0. The van der Waals surface area contributed by atoms with Crippen molar-refractivity contribution in [3.63, 3.8) is 0 Å². The van der Waals surface area contributed by atoms with Crippen molar-refractivity contribution in [2.75, 3.05) is 6.26 Å². The van der Waals surface area contributed by atoms with Gasteiger partial charge in [-0.2, -0.15) is 0 Å². The van der Waals surface area contributed by atoms with Crippen LogP contribution in [0.3, 0.4) is 0 Å².